The Balaban J connectivity index is 2.43. The molecule has 21 heavy (non-hydrogen) atoms. The summed E-state index contributed by atoms with van der Waals surface area (Å²) in [5.41, 5.74) is 1.53. The maximum Gasteiger partial charge on any atom is 0.161 e. The Labute approximate surface area is 130 Å². The lowest BCUT2D eigenvalue weighted by Gasteiger charge is -2.32. The van der Waals surface area contributed by atoms with E-state index in [4.69, 9.17) is 17.0 Å². The fourth-order valence-corrected chi connectivity index (χ4v) is 2.48. The Bertz CT molecular complexity index is 612. The van der Waals surface area contributed by atoms with Crippen LogP contribution in [0.1, 0.15) is 24.7 Å². The van der Waals surface area contributed by atoms with Crippen molar-refractivity contribution >= 4 is 22.9 Å². The predicted molar refractivity (Wildman–Crippen MR) is 86.8 cm³/mol. The third-order valence-corrected chi connectivity index (χ3v) is 3.60. The summed E-state index contributed by atoms with van der Waals surface area (Å²) in [6.07, 6.45) is 9.41. The number of allylic oxidation sites excluding steroid dienone is 4. The van der Waals surface area contributed by atoms with Crippen molar-refractivity contribution in [2.45, 2.75) is 20.0 Å². The van der Waals surface area contributed by atoms with Crippen LogP contribution in [0.2, 0.25) is 0 Å². The summed E-state index contributed by atoms with van der Waals surface area (Å²) < 4.78 is 2.01. The van der Waals surface area contributed by atoms with Crippen molar-refractivity contribution in [1.82, 2.24) is 19.7 Å². The highest BCUT2D eigenvalue weighted by molar-refractivity contribution is 6.18. The van der Waals surface area contributed by atoms with E-state index in [2.05, 4.69) is 15.1 Å². The molecule has 0 bridgehead atoms. The van der Waals surface area contributed by atoms with Crippen molar-refractivity contribution in [1.29, 1.82) is 5.41 Å². The molecule has 1 aliphatic rings. The second kappa shape index (κ2) is 6.83. The van der Waals surface area contributed by atoms with Gasteiger partial charge in [0.05, 0.1) is 5.71 Å². The summed E-state index contributed by atoms with van der Waals surface area (Å²) in [6, 6.07) is 0. The van der Waals surface area contributed by atoms with Gasteiger partial charge >= 0.3 is 0 Å². The number of hydrogen-bond acceptors (Lipinski definition) is 4. The van der Waals surface area contributed by atoms with Crippen molar-refractivity contribution in [3.05, 3.63) is 42.0 Å². The molecule has 0 amide bonds. The third-order valence-electron chi connectivity index (χ3n) is 3.42. The Hall–Kier alpha value is -1.72. The highest BCUT2D eigenvalue weighted by Gasteiger charge is 2.27. The zero-order valence-electron chi connectivity index (χ0n) is 12.5. The van der Waals surface area contributed by atoms with E-state index in [1.165, 1.54) is 0 Å². The SMILES string of the molecule is CC(=CC=CCCl)c1nnc(C)n1C1C(=N)C=CCN1C. The lowest BCUT2D eigenvalue weighted by atomic mass is 10.1. The number of nitrogens with zero attached hydrogens (tertiary/aromatic N) is 4. The van der Waals surface area contributed by atoms with Gasteiger partial charge in [-0.3, -0.25) is 9.47 Å². The minimum atomic E-state index is -0.166. The van der Waals surface area contributed by atoms with E-state index in [1.54, 1.807) is 0 Å². The maximum absolute atomic E-state index is 8.20. The number of hydrogen-bond donors (Lipinski definition) is 1. The molecule has 1 aromatic heterocycles. The number of rotatable bonds is 4. The molecule has 0 saturated carbocycles. The van der Waals surface area contributed by atoms with Crippen LogP contribution in [0, 0.1) is 12.3 Å². The third kappa shape index (κ3) is 3.31. The van der Waals surface area contributed by atoms with E-state index in [1.807, 2.05) is 55.8 Å². The molecular weight excluding hydrogens is 286 g/mol. The normalized spacial score (nSPS) is 20.7. The molecule has 5 nitrogen and oxygen atoms in total. The van der Waals surface area contributed by atoms with Gasteiger partial charge in [-0.25, -0.2) is 0 Å². The summed E-state index contributed by atoms with van der Waals surface area (Å²) in [4.78, 5) is 2.10. The fraction of sp³-hybridized carbons (Fsp3) is 0.400. The summed E-state index contributed by atoms with van der Waals surface area (Å²) >= 11 is 5.63. The molecule has 1 atom stereocenters. The van der Waals surface area contributed by atoms with E-state index >= 15 is 0 Å². The molecule has 2 heterocycles. The van der Waals surface area contributed by atoms with Gasteiger partial charge in [0.1, 0.15) is 12.0 Å². The molecule has 0 aliphatic carbocycles. The monoisotopic (exact) mass is 305 g/mol. The summed E-state index contributed by atoms with van der Waals surface area (Å²) in [5.74, 6) is 2.07. The molecule has 112 valence electrons. The summed E-state index contributed by atoms with van der Waals surface area (Å²) in [7, 11) is 2.00. The standard InChI is InChI=1S/C15H20ClN5/c1-11(7-4-5-9-16)14-19-18-12(2)21(14)15-13(17)8-6-10-20(15)3/h4-8,15,17H,9-10H2,1-3H3. The number of halogens is 1. The molecule has 0 fully saturated rings. The van der Waals surface area contributed by atoms with Gasteiger partial charge in [-0.2, -0.15) is 0 Å². The topological polar surface area (TPSA) is 57.8 Å². The van der Waals surface area contributed by atoms with Crippen LogP contribution in [-0.2, 0) is 0 Å². The first-order chi connectivity index (χ1) is 10.1. The van der Waals surface area contributed by atoms with Crippen molar-refractivity contribution < 1.29 is 0 Å². The maximum atomic E-state index is 8.20. The highest BCUT2D eigenvalue weighted by atomic mass is 35.5. The van der Waals surface area contributed by atoms with E-state index in [9.17, 15) is 0 Å². The van der Waals surface area contributed by atoms with Gasteiger partial charge < -0.3 is 5.41 Å². The Morgan fingerprint density at radius 1 is 1.52 bits per heavy atom. The molecule has 0 spiro atoms. The molecular formula is C15H20ClN5. The van der Waals surface area contributed by atoms with Crippen LogP contribution in [0.3, 0.4) is 0 Å². The van der Waals surface area contributed by atoms with Gasteiger partial charge in [-0.1, -0.05) is 24.3 Å². The van der Waals surface area contributed by atoms with Gasteiger partial charge in [0.2, 0.25) is 0 Å². The largest absolute Gasteiger partial charge is 0.302 e. The van der Waals surface area contributed by atoms with Crippen LogP contribution in [0.15, 0.2) is 30.4 Å². The molecule has 6 heteroatoms. The first-order valence-corrected chi connectivity index (χ1v) is 7.36. The molecule has 2 rings (SSSR count). The summed E-state index contributed by atoms with van der Waals surface area (Å²) in [6.45, 7) is 4.71. The average molecular weight is 306 g/mol. The van der Waals surface area contributed by atoms with Crippen LogP contribution in [0.25, 0.3) is 5.57 Å². The Morgan fingerprint density at radius 3 is 2.95 bits per heavy atom. The molecule has 1 unspecified atom stereocenters. The average Bonchev–Trinajstić information content (AvgIpc) is 2.81. The summed E-state index contributed by atoms with van der Waals surface area (Å²) in [5, 5.41) is 16.7. The van der Waals surface area contributed by atoms with Crippen LogP contribution in [-0.4, -0.2) is 44.8 Å². The fourth-order valence-electron chi connectivity index (χ4n) is 2.37. The lowest BCUT2D eigenvalue weighted by Crippen LogP contribution is -2.38. The number of likely N-dealkylation sites (N-methyl/N-ethyl adjacent to an activating group) is 1. The van der Waals surface area contributed by atoms with Crippen LogP contribution < -0.4 is 0 Å². The Morgan fingerprint density at radius 2 is 2.29 bits per heavy atom. The Kier molecular flexibility index (Phi) is 5.09. The zero-order valence-corrected chi connectivity index (χ0v) is 13.3. The van der Waals surface area contributed by atoms with Crippen LogP contribution in [0.4, 0.5) is 0 Å². The number of nitrogens with one attached hydrogen (secondary N) is 1. The van der Waals surface area contributed by atoms with Crippen molar-refractivity contribution in [3.63, 3.8) is 0 Å². The molecule has 1 aromatic rings. The molecule has 1 aliphatic heterocycles. The van der Waals surface area contributed by atoms with E-state index in [0.29, 0.717) is 11.6 Å². The van der Waals surface area contributed by atoms with Crippen molar-refractivity contribution in [2.75, 3.05) is 19.5 Å². The minimum absolute atomic E-state index is 0.166. The molecule has 0 saturated heterocycles. The number of aromatic nitrogens is 3. The van der Waals surface area contributed by atoms with Gasteiger partial charge in [-0.15, -0.1) is 21.8 Å². The van der Waals surface area contributed by atoms with E-state index in [-0.39, 0.29) is 6.17 Å². The van der Waals surface area contributed by atoms with Gasteiger partial charge in [0.25, 0.3) is 0 Å². The van der Waals surface area contributed by atoms with E-state index in [0.717, 1.165) is 23.8 Å². The van der Waals surface area contributed by atoms with Crippen LogP contribution in [0.5, 0.6) is 0 Å². The molecule has 0 aromatic carbocycles. The second-order valence-electron chi connectivity index (χ2n) is 5.04. The smallest absolute Gasteiger partial charge is 0.161 e. The van der Waals surface area contributed by atoms with Gasteiger partial charge in [-0.05, 0) is 32.5 Å². The molecule has 0 radical (unpaired) electrons. The first-order valence-electron chi connectivity index (χ1n) is 6.82. The van der Waals surface area contributed by atoms with Crippen LogP contribution >= 0.6 is 11.6 Å². The van der Waals surface area contributed by atoms with Gasteiger partial charge in [0, 0.05) is 12.4 Å². The second-order valence-corrected chi connectivity index (χ2v) is 5.35. The van der Waals surface area contributed by atoms with Gasteiger partial charge in [0.15, 0.2) is 5.82 Å². The number of alkyl halides is 1. The predicted octanol–water partition coefficient (Wildman–Crippen LogP) is 2.80. The quantitative estimate of drug-likeness (QED) is 0.687. The van der Waals surface area contributed by atoms with E-state index < -0.39 is 0 Å². The lowest BCUT2D eigenvalue weighted by molar-refractivity contribution is 0.253. The highest BCUT2D eigenvalue weighted by Crippen LogP contribution is 2.24. The minimum Gasteiger partial charge on any atom is -0.302 e. The van der Waals surface area contributed by atoms with Crippen molar-refractivity contribution in [2.24, 2.45) is 0 Å². The van der Waals surface area contributed by atoms with Crippen molar-refractivity contribution in [3.8, 4) is 0 Å². The number of aryl methyl sites for hydroxylation is 1. The molecule has 1 N–H and O–H groups in total. The zero-order chi connectivity index (χ0) is 15.4. The first kappa shape index (κ1) is 15.7.